The Labute approximate surface area is 190 Å². The second kappa shape index (κ2) is 9.43. The number of carbonyl (C=O) groups is 3. The Morgan fingerprint density at radius 3 is 2.42 bits per heavy atom. The number of nitrogens with zero attached hydrogens (tertiary/aromatic N) is 2. The molecule has 8 nitrogen and oxygen atoms in total. The first kappa shape index (κ1) is 24.0. The van der Waals surface area contributed by atoms with E-state index in [2.05, 4.69) is 10.1 Å². The highest BCUT2D eigenvalue weighted by Crippen LogP contribution is 2.31. The molecule has 0 bridgehead atoms. The van der Waals surface area contributed by atoms with E-state index in [1.165, 1.54) is 37.3 Å². The lowest BCUT2D eigenvalue weighted by Gasteiger charge is -2.23. The van der Waals surface area contributed by atoms with Crippen molar-refractivity contribution in [3.05, 3.63) is 59.2 Å². The number of halogens is 2. The van der Waals surface area contributed by atoms with Crippen LogP contribution in [0.1, 0.15) is 23.6 Å². The van der Waals surface area contributed by atoms with Crippen molar-refractivity contribution in [2.45, 2.75) is 32.5 Å². The van der Waals surface area contributed by atoms with Crippen LogP contribution in [-0.4, -0.2) is 55.0 Å². The van der Waals surface area contributed by atoms with Crippen LogP contribution in [0.25, 0.3) is 0 Å². The van der Waals surface area contributed by atoms with Crippen molar-refractivity contribution in [3.63, 3.8) is 0 Å². The zero-order valence-corrected chi connectivity index (χ0v) is 18.7. The zero-order valence-electron chi connectivity index (χ0n) is 18.7. The lowest BCUT2D eigenvalue weighted by atomic mass is 9.91. The molecule has 0 aromatic heterocycles. The summed E-state index contributed by atoms with van der Waals surface area (Å²) in [6.07, 6.45) is 0. The third kappa shape index (κ3) is 5.05. The Kier molecular flexibility index (Phi) is 6.85. The van der Waals surface area contributed by atoms with E-state index in [0.717, 1.165) is 10.5 Å². The number of methoxy groups -OCH3 is 1. The minimum absolute atomic E-state index is 0.0941. The summed E-state index contributed by atoms with van der Waals surface area (Å²) in [6, 6.07) is 10.9. The van der Waals surface area contributed by atoms with Gasteiger partial charge >= 0.3 is 12.6 Å². The van der Waals surface area contributed by atoms with Crippen LogP contribution in [0.5, 0.6) is 11.5 Å². The van der Waals surface area contributed by atoms with E-state index in [-0.39, 0.29) is 18.0 Å². The quantitative estimate of drug-likeness (QED) is 0.611. The first-order valence-corrected chi connectivity index (χ1v) is 10.1. The number of hydrogen-bond donors (Lipinski definition) is 1. The number of nitrogens with one attached hydrogen (secondary N) is 1. The molecule has 0 unspecified atom stereocenters. The minimum atomic E-state index is -3.00. The number of urea groups is 1. The van der Waals surface area contributed by atoms with Crippen molar-refractivity contribution in [2.24, 2.45) is 0 Å². The van der Waals surface area contributed by atoms with Crippen LogP contribution in [0.15, 0.2) is 42.5 Å². The number of rotatable bonds is 8. The molecule has 3 rings (SSSR count). The fourth-order valence-corrected chi connectivity index (χ4v) is 3.54. The third-order valence-electron chi connectivity index (χ3n) is 5.49. The maximum atomic E-state index is 13.0. The highest BCUT2D eigenvalue weighted by atomic mass is 19.3. The summed E-state index contributed by atoms with van der Waals surface area (Å²) in [5, 5.41) is 2.67. The summed E-state index contributed by atoms with van der Waals surface area (Å²) in [5.41, 5.74) is 0.953. The molecule has 0 radical (unpaired) electrons. The van der Waals surface area contributed by atoms with Gasteiger partial charge in [-0.25, -0.2) is 4.79 Å². The highest BCUT2D eigenvalue weighted by molar-refractivity contribution is 6.09. The molecule has 1 fully saturated rings. The SMILES string of the molecule is COc1cc(CN(C)C(=O)CN2C(=O)N[C@](C)(c3ccc(C)cc3)C2=O)ccc1OC(F)F. The monoisotopic (exact) mass is 461 g/mol. The summed E-state index contributed by atoms with van der Waals surface area (Å²) < 4.78 is 34.5. The molecule has 10 heteroatoms. The van der Waals surface area contributed by atoms with Crippen molar-refractivity contribution >= 4 is 17.8 Å². The van der Waals surface area contributed by atoms with Crippen LogP contribution < -0.4 is 14.8 Å². The number of amides is 4. The summed E-state index contributed by atoms with van der Waals surface area (Å²) in [6.45, 7) is 0.178. The Hall–Kier alpha value is -3.69. The molecule has 1 N–H and O–H groups in total. The maximum absolute atomic E-state index is 13.0. The van der Waals surface area contributed by atoms with Gasteiger partial charge < -0.3 is 19.7 Å². The van der Waals surface area contributed by atoms with Gasteiger partial charge in [-0.15, -0.1) is 0 Å². The Balaban J connectivity index is 1.69. The molecule has 176 valence electrons. The molecule has 1 aliphatic rings. The average Bonchev–Trinajstić information content (AvgIpc) is 2.98. The summed E-state index contributed by atoms with van der Waals surface area (Å²) in [4.78, 5) is 40.5. The number of carbonyl (C=O) groups excluding carboxylic acids is 3. The first-order chi connectivity index (χ1) is 15.5. The first-order valence-electron chi connectivity index (χ1n) is 10.1. The number of ether oxygens (including phenoxy) is 2. The van der Waals surface area contributed by atoms with E-state index < -0.39 is 36.5 Å². The fourth-order valence-electron chi connectivity index (χ4n) is 3.54. The number of alkyl halides is 2. The van der Waals surface area contributed by atoms with Gasteiger partial charge in [0.15, 0.2) is 11.5 Å². The van der Waals surface area contributed by atoms with E-state index in [0.29, 0.717) is 11.1 Å². The summed E-state index contributed by atoms with van der Waals surface area (Å²) >= 11 is 0. The van der Waals surface area contributed by atoms with Gasteiger partial charge in [0.1, 0.15) is 12.1 Å². The molecule has 1 heterocycles. The van der Waals surface area contributed by atoms with Gasteiger partial charge in [-0.2, -0.15) is 8.78 Å². The van der Waals surface area contributed by atoms with E-state index >= 15 is 0 Å². The molecule has 4 amide bonds. The standard InChI is InChI=1S/C23H25F2N3O5/c1-14-5-8-16(9-6-14)23(2)20(30)28(22(31)26-23)13-19(29)27(3)12-15-7-10-17(33-21(24)25)18(11-15)32-4/h5-11,21H,12-13H2,1-4H3,(H,26,31)/t23-/m1/s1. The zero-order chi connectivity index (χ0) is 24.3. The lowest BCUT2D eigenvalue weighted by Crippen LogP contribution is -2.43. The van der Waals surface area contributed by atoms with Crippen molar-refractivity contribution in [3.8, 4) is 11.5 Å². The molecule has 1 atom stereocenters. The number of imide groups is 1. The topological polar surface area (TPSA) is 88.2 Å². The van der Waals surface area contributed by atoms with Crippen LogP contribution in [0.3, 0.4) is 0 Å². The minimum Gasteiger partial charge on any atom is -0.493 e. The van der Waals surface area contributed by atoms with Crippen molar-refractivity contribution in [2.75, 3.05) is 20.7 Å². The molecule has 1 saturated heterocycles. The molecular weight excluding hydrogens is 436 g/mol. The van der Waals surface area contributed by atoms with Gasteiger partial charge in [-0.1, -0.05) is 35.9 Å². The fraction of sp³-hybridized carbons (Fsp3) is 0.348. The molecule has 2 aromatic rings. The van der Waals surface area contributed by atoms with Gasteiger partial charge in [-0.3, -0.25) is 14.5 Å². The van der Waals surface area contributed by atoms with Gasteiger partial charge in [0.25, 0.3) is 5.91 Å². The Morgan fingerprint density at radius 1 is 1.15 bits per heavy atom. The molecule has 0 aliphatic carbocycles. The Bertz CT molecular complexity index is 1060. The smallest absolute Gasteiger partial charge is 0.387 e. The number of likely N-dealkylation sites (N-methyl/N-ethyl adjacent to an activating group) is 1. The number of hydrogen-bond acceptors (Lipinski definition) is 5. The normalized spacial score (nSPS) is 17.8. The molecular formula is C23H25F2N3O5. The maximum Gasteiger partial charge on any atom is 0.387 e. The van der Waals surface area contributed by atoms with Crippen LogP contribution >= 0.6 is 0 Å². The third-order valence-corrected chi connectivity index (χ3v) is 5.49. The van der Waals surface area contributed by atoms with Crippen molar-refractivity contribution in [1.82, 2.24) is 15.1 Å². The van der Waals surface area contributed by atoms with Crippen molar-refractivity contribution in [1.29, 1.82) is 0 Å². The highest BCUT2D eigenvalue weighted by Gasteiger charge is 2.49. The number of aryl methyl sites for hydroxylation is 1. The largest absolute Gasteiger partial charge is 0.493 e. The Morgan fingerprint density at radius 2 is 1.82 bits per heavy atom. The van der Waals surface area contributed by atoms with Crippen LogP contribution in [0, 0.1) is 6.92 Å². The molecule has 0 spiro atoms. The van der Waals surface area contributed by atoms with E-state index in [1.807, 2.05) is 19.1 Å². The average molecular weight is 461 g/mol. The molecule has 1 aliphatic heterocycles. The van der Waals surface area contributed by atoms with Gasteiger partial charge in [-0.05, 0) is 37.1 Å². The van der Waals surface area contributed by atoms with Gasteiger partial charge in [0, 0.05) is 13.6 Å². The van der Waals surface area contributed by atoms with Crippen LogP contribution in [-0.2, 0) is 21.7 Å². The summed E-state index contributed by atoms with van der Waals surface area (Å²) in [5.74, 6) is -1.02. The van der Waals surface area contributed by atoms with Gasteiger partial charge in [0.05, 0.1) is 7.11 Å². The van der Waals surface area contributed by atoms with Gasteiger partial charge in [0.2, 0.25) is 5.91 Å². The second-order valence-corrected chi connectivity index (χ2v) is 7.93. The predicted molar refractivity (Wildman–Crippen MR) is 115 cm³/mol. The van der Waals surface area contributed by atoms with E-state index in [9.17, 15) is 23.2 Å². The van der Waals surface area contributed by atoms with E-state index in [1.54, 1.807) is 19.1 Å². The predicted octanol–water partition coefficient (Wildman–Crippen LogP) is 3.03. The lowest BCUT2D eigenvalue weighted by molar-refractivity contribution is -0.138. The van der Waals surface area contributed by atoms with Crippen molar-refractivity contribution < 1.29 is 32.6 Å². The molecule has 2 aromatic carbocycles. The van der Waals surface area contributed by atoms with Crippen LogP contribution in [0.2, 0.25) is 0 Å². The molecule has 33 heavy (non-hydrogen) atoms. The van der Waals surface area contributed by atoms with E-state index in [4.69, 9.17) is 4.74 Å². The molecule has 0 saturated carbocycles. The summed E-state index contributed by atoms with van der Waals surface area (Å²) in [7, 11) is 2.82. The van der Waals surface area contributed by atoms with Crippen LogP contribution in [0.4, 0.5) is 13.6 Å². The number of benzene rings is 2. The second-order valence-electron chi connectivity index (χ2n) is 7.93.